The van der Waals surface area contributed by atoms with Gasteiger partial charge in [0.1, 0.15) is 11.9 Å². The number of halogens is 1. The van der Waals surface area contributed by atoms with E-state index in [0.717, 1.165) is 30.6 Å². The van der Waals surface area contributed by atoms with Crippen molar-refractivity contribution < 1.29 is 14.0 Å². The van der Waals surface area contributed by atoms with Crippen molar-refractivity contribution in [2.24, 2.45) is 5.92 Å². The van der Waals surface area contributed by atoms with E-state index in [4.69, 9.17) is 0 Å². The van der Waals surface area contributed by atoms with Crippen molar-refractivity contribution in [1.82, 2.24) is 4.90 Å². The van der Waals surface area contributed by atoms with Crippen molar-refractivity contribution in [2.45, 2.75) is 44.2 Å². The molecule has 4 nitrogen and oxygen atoms in total. The molecule has 0 bridgehead atoms. The number of hydrogen-bond acceptors (Lipinski definition) is 2. The number of hydrogen-bond donors (Lipinski definition) is 0. The number of urea groups is 1. The van der Waals surface area contributed by atoms with E-state index in [1.165, 1.54) is 18.6 Å². The number of amides is 3. The summed E-state index contributed by atoms with van der Waals surface area (Å²) in [6.07, 6.45) is 5.08. The maximum Gasteiger partial charge on any atom is 0.332 e. The summed E-state index contributed by atoms with van der Waals surface area (Å²) >= 11 is 0. The Kier molecular flexibility index (Phi) is 2.77. The third-order valence-electron chi connectivity index (χ3n) is 5.10. The van der Waals surface area contributed by atoms with E-state index in [2.05, 4.69) is 0 Å². The van der Waals surface area contributed by atoms with Crippen molar-refractivity contribution >= 4 is 17.6 Å². The Bertz CT molecular complexity index is 618. The molecule has 2 heterocycles. The lowest BCUT2D eigenvalue weighted by atomic mass is 9.84. The van der Waals surface area contributed by atoms with Gasteiger partial charge in [-0.25, -0.2) is 14.1 Å². The zero-order chi connectivity index (χ0) is 14.6. The number of rotatable bonds is 1. The summed E-state index contributed by atoms with van der Waals surface area (Å²) < 4.78 is 13.9. The second kappa shape index (κ2) is 4.55. The molecule has 5 heteroatoms. The van der Waals surface area contributed by atoms with Crippen molar-refractivity contribution in [3.63, 3.8) is 0 Å². The molecule has 21 heavy (non-hydrogen) atoms. The van der Waals surface area contributed by atoms with Crippen LogP contribution in [0.3, 0.4) is 0 Å². The molecule has 1 aromatic rings. The van der Waals surface area contributed by atoms with Gasteiger partial charge in [-0.2, -0.15) is 0 Å². The first-order valence-electron chi connectivity index (χ1n) is 7.59. The highest BCUT2D eigenvalue weighted by atomic mass is 19.1. The lowest BCUT2D eigenvalue weighted by Crippen LogP contribution is -2.41. The number of nitrogens with zero attached hydrogens (tertiary/aromatic N) is 2. The third kappa shape index (κ3) is 1.73. The quantitative estimate of drug-likeness (QED) is 0.745. The van der Waals surface area contributed by atoms with Crippen molar-refractivity contribution in [2.75, 3.05) is 4.90 Å². The molecule has 3 fully saturated rings. The van der Waals surface area contributed by atoms with Gasteiger partial charge in [0.2, 0.25) is 0 Å². The summed E-state index contributed by atoms with van der Waals surface area (Å²) in [6, 6.07) is 5.41. The van der Waals surface area contributed by atoms with E-state index in [0.29, 0.717) is 5.92 Å². The van der Waals surface area contributed by atoms with Crippen molar-refractivity contribution in [3.8, 4) is 0 Å². The Morgan fingerprint density at radius 2 is 1.86 bits per heavy atom. The molecular weight excluding hydrogens is 271 g/mol. The molecule has 1 saturated carbocycles. The fourth-order valence-corrected chi connectivity index (χ4v) is 4.17. The molecule has 3 aliphatic rings. The minimum Gasteiger partial charge on any atom is -0.309 e. The van der Waals surface area contributed by atoms with Gasteiger partial charge in [-0.05, 0) is 37.3 Å². The smallest absolute Gasteiger partial charge is 0.309 e. The largest absolute Gasteiger partial charge is 0.332 e. The Morgan fingerprint density at radius 1 is 1.10 bits per heavy atom. The fraction of sp³-hybridized carbons (Fsp3) is 0.500. The Balaban J connectivity index is 1.70. The van der Waals surface area contributed by atoms with E-state index < -0.39 is 5.82 Å². The Morgan fingerprint density at radius 3 is 2.67 bits per heavy atom. The van der Waals surface area contributed by atoms with Crippen LogP contribution in [-0.2, 0) is 4.79 Å². The van der Waals surface area contributed by atoms with E-state index in [9.17, 15) is 14.0 Å². The predicted octanol–water partition coefficient (Wildman–Crippen LogP) is 2.93. The van der Waals surface area contributed by atoms with Gasteiger partial charge in [-0.15, -0.1) is 0 Å². The van der Waals surface area contributed by atoms with E-state index in [-0.39, 0.29) is 29.7 Å². The average molecular weight is 288 g/mol. The maximum atomic E-state index is 13.9. The van der Waals surface area contributed by atoms with Gasteiger partial charge >= 0.3 is 6.03 Å². The van der Waals surface area contributed by atoms with Crippen LogP contribution >= 0.6 is 0 Å². The number of imide groups is 1. The SMILES string of the molecule is O=C1C2CC3CCCCC3N2C(=O)N1c1ccccc1F. The second-order valence-corrected chi connectivity index (χ2v) is 6.18. The molecular formula is C16H17FN2O2. The predicted molar refractivity (Wildman–Crippen MR) is 75.3 cm³/mol. The maximum absolute atomic E-state index is 13.9. The van der Waals surface area contributed by atoms with Crippen molar-refractivity contribution in [3.05, 3.63) is 30.1 Å². The van der Waals surface area contributed by atoms with Crippen LogP contribution in [0.5, 0.6) is 0 Å². The first-order valence-corrected chi connectivity index (χ1v) is 7.59. The molecule has 3 atom stereocenters. The number of fused-ring (bicyclic) bond motifs is 3. The summed E-state index contributed by atoms with van der Waals surface area (Å²) in [4.78, 5) is 28.0. The van der Waals surface area contributed by atoms with Gasteiger partial charge in [0.05, 0.1) is 5.69 Å². The second-order valence-electron chi connectivity index (χ2n) is 6.18. The van der Waals surface area contributed by atoms with E-state index in [1.807, 2.05) is 0 Å². The van der Waals surface area contributed by atoms with Crippen LogP contribution in [-0.4, -0.2) is 28.9 Å². The normalized spacial score (nSPS) is 31.6. The van der Waals surface area contributed by atoms with Gasteiger partial charge in [0.15, 0.2) is 0 Å². The summed E-state index contributed by atoms with van der Waals surface area (Å²) in [5.41, 5.74) is 0.0780. The number of anilines is 1. The number of carbonyl (C=O) groups excluding carboxylic acids is 2. The summed E-state index contributed by atoms with van der Waals surface area (Å²) in [5.74, 6) is -0.348. The Labute approximate surface area is 122 Å². The molecule has 0 radical (unpaired) electrons. The molecule has 110 valence electrons. The molecule has 1 aliphatic carbocycles. The summed E-state index contributed by atoms with van der Waals surface area (Å²) in [7, 11) is 0. The van der Waals surface area contributed by atoms with Crippen molar-refractivity contribution in [1.29, 1.82) is 0 Å². The molecule has 3 amide bonds. The molecule has 0 N–H and O–H groups in total. The first kappa shape index (κ1) is 12.8. The highest BCUT2D eigenvalue weighted by Gasteiger charge is 2.56. The van der Waals surface area contributed by atoms with Gasteiger partial charge < -0.3 is 4.90 Å². The highest BCUT2D eigenvalue weighted by molar-refractivity contribution is 6.21. The zero-order valence-corrected chi connectivity index (χ0v) is 11.7. The molecule has 0 aromatic heterocycles. The number of benzene rings is 1. The van der Waals surface area contributed by atoms with Gasteiger partial charge in [0, 0.05) is 6.04 Å². The standard InChI is InChI=1S/C16H17FN2O2/c17-11-6-2-4-8-13(11)19-15(20)14-9-10-5-1-3-7-12(10)18(14)16(19)21/h2,4,6,8,10,12,14H,1,3,5,7,9H2. The minimum absolute atomic E-state index is 0.0780. The number of carbonyl (C=O) groups is 2. The van der Waals surface area contributed by atoms with Crippen LogP contribution in [0.15, 0.2) is 24.3 Å². The highest BCUT2D eigenvalue weighted by Crippen LogP contribution is 2.44. The van der Waals surface area contributed by atoms with Gasteiger partial charge in [-0.1, -0.05) is 25.0 Å². The van der Waals surface area contributed by atoms with E-state index >= 15 is 0 Å². The van der Waals surface area contributed by atoms with Crippen LogP contribution < -0.4 is 4.90 Å². The molecule has 2 aliphatic heterocycles. The number of para-hydroxylation sites is 1. The third-order valence-corrected chi connectivity index (χ3v) is 5.10. The fourth-order valence-electron chi connectivity index (χ4n) is 4.17. The lowest BCUT2D eigenvalue weighted by Gasteiger charge is -2.31. The van der Waals surface area contributed by atoms with Crippen LogP contribution in [0, 0.1) is 11.7 Å². The molecule has 0 spiro atoms. The molecule has 4 rings (SSSR count). The first-order chi connectivity index (χ1) is 10.2. The summed E-state index contributed by atoms with van der Waals surface area (Å²) in [6.45, 7) is 0. The van der Waals surface area contributed by atoms with Gasteiger partial charge in [0.25, 0.3) is 5.91 Å². The minimum atomic E-state index is -0.527. The molecule has 2 saturated heterocycles. The lowest BCUT2D eigenvalue weighted by molar-refractivity contribution is -0.119. The van der Waals surface area contributed by atoms with Crippen LogP contribution in [0.2, 0.25) is 0 Å². The summed E-state index contributed by atoms with van der Waals surface area (Å²) in [5, 5.41) is 0. The van der Waals surface area contributed by atoms with Crippen LogP contribution in [0.1, 0.15) is 32.1 Å². The van der Waals surface area contributed by atoms with Crippen LogP contribution in [0.4, 0.5) is 14.9 Å². The van der Waals surface area contributed by atoms with Gasteiger partial charge in [-0.3, -0.25) is 4.79 Å². The topological polar surface area (TPSA) is 40.6 Å². The zero-order valence-electron chi connectivity index (χ0n) is 11.7. The molecule has 1 aromatic carbocycles. The van der Waals surface area contributed by atoms with E-state index in [1.54, 1.807) is 17.0 Å². The average Bonchev–Trinajstić information content (AvgIpc) is 2.98. The van der Waals surface area contributed by atoms with Crippen LogP contribution in [0.25, 0.3) is 0 Å². The monoisotopic (exact) mass is 288 g/mol. The Hall–Kier alpha value is -1.91. The molecule has 3 unspecified atom stereocenters.